The van der Waals surface area contributed by atoms with Gasteiger partial charge in [0.25, 0.3) is 5.91 Å². The second kappa shape index (κ2) is 9.52. The Balaban J connectivity index is 1.76. The Bertz CT molecular complexity index is 1550. The van der Waals surface area contributed by atoms with Gasteiger partial charge in [-0.05, 0) is 78.2 Å². The van der Waals surface area contributed by atoms with Crippen LogP contribution in [0, 0.1) is 6.92 Å². The lowest BCUT2D eigenvalue weighted by molar-refractivity contribution is 0.0997. The molecule has 4 rings (SSSR count). The van der Waals surface area contributed by atoms with Gasteiger partial charge in [0.1, 0.15) is 0 Å². The summed E-state index contributed by atoms with van der Waals surface area (Å²) in [6.45, 7) is 1.77. The van der Waals surface area contributed by atoms with E-state index in [0.717, 1.165) is 17.5 Å². The molecule has 8 heteroatoms. The third-order valence-corrected chi connectivity index (χ3v) is 6.66. The van der Waals surface area contributed by atoms with Crippen LogP contribution in [0.25, 0.3) is 22.4 Å². The van der Waals surface area contributed by atoms with Gasteiger partial charge in [0, 0.05) is 34.8 Å². The quantitative estimate of drug-likeness (QED) is 0.417. The van der Waals surface area contributed by atoms with Gasteiger partial charge in [-0.1, -0.05) is 24.3 Å². The molecule has 0 aliphatic heterocycles. The van der Waals surface area contributed by atoms with Crippen molar-refractivity contribution < 1.29 is 18.0 Å². The zero-order chi connectivity index (χ0) is 25.2. The first-order valence-electron chi connectivity index (χ1n) is 10.7. The third-order valence-electron chi connectivity index (χ3n) is 5.55. The van der Waals surface area contributed by atoms with Gasteiger partial charge in [-0.15, -0.1) is 0 Å². The van der Waals surface area contributed by atoms with Crippen molar-refractivity contribution in [3.8, 4) is 22.4 Å². The maximum atomic E-state index is 13.4. The molecule has 0 atom stereocenters. The van der Waals surface area contributed by atoms with E-state index in [1.165, 1.54) is 18.2 Å². The summed E-state index contributed by atoms with van der Waals surface area (Å²) in [5.74, 6) is -0.980. The minimum absolute atomic E-state index is 0.0829. The first-order valence-corrected chi connectivity index (χ1v) is 12.6. The van der Waals surface area contributed by atoms with E-state index in [9.17, 15) is 18.0 Å². The van der Waals surface area contributed by atoms with Crippen LogP contribution in [0.4, 0.5) is 5.69 Å². The Morgan fingerprint density at radius 2 is 1.69 bits per heavy atom. The van der Waals surface area contributed by atoms with Gasteiger partial charge >= 0.3 is 0 Å². The van der Waals surface area contributed by atoms with Crippen LogP contribution >= 0.6 is 0 Å². The lowest BCUT2D eigenvalue weighted by Crippen LogP contribution is -2.14. The zero-order valence-corrected chi connectivity index (χ0v) is 20.0. The van der Waals surface area contributed by atoms with Gasteiger partial charge in [-0.25, -0.2) is 8.42 Å². The van der Waals surface area contributed by atoms with Crippen molar-refractivity contribution in [2.75, 3.05) is 11.6 Å². The van der Waals surface area contributed by atoms with Gasteiger partial charge < -0.3 is 11.1 Å². The van der Waals surface area contributed by atoms with Crippen molar-refractivity contribution in [3.05, 3.63) is 102 Å². The average Bonchev–Trinajstić information content (AvgIpc) is 2.83. The van der Waals surface area contributed by atoms with Crippen molar-refractivity contribution in [2.45, 2.75) is 11.8 Å². The number of aryl methyl sites for hydroxylation is 1. The predicted molar refractivity (Wildman–Crippen MR) is 136 cm³/mol. The predicted octanol–water partition coefficient (Wildman–Crippen LogP) is 4.48. The molecule has 7 nitrogen and oxygen atoms in total. The monoisotopic (exact) mass is 485 g/mol. The molecule has 3 aromatic carbocycles. The molecule has 0 aliphatic rings. The van der Waals surface area contributed by atoms with Crippen LogP contribution in [-0.2, 0) is 9.84 Å². The van der Waals surface area contributed by atoms with Crippen molar-refractivity contribution in [1.82, 2.24) is 4.98 Å². The van der Waals surface area contributed by atoms with E-state index < -0.39 is 21.7 Å². The smallest absolute Gasteiger partial charge is 0.256 e. The van der Waals surface area contributed by atoms with Crippen molar-refractivity contribution in [3.63, 3.8) is 0 Å². The van der Waals surface area contributed by atoms with Gasteiger partial charge in [0.15, 0.2) is 9.84 Å². The number of benzene rings is 3. The van der Waals surface area contributed by atoms with E-state index in [-0.39, 0.29) is 10.5 Å². The summed E-state index contributed by atoms with van der Waals surface area (Å²) in [6.07, 6.45) is 2.81. The van der Waals surface area contributed by atoms with E-state index in [4.69, 9.17) is 5.73 Å². The summed E-state index contributed by atoms with van der Waals surface area (Å²) in [4.78, 5) is 29.3. The van der Waals surface area contributed by atoms with Gasteiger partial charge in [0.2, 0.25) is 5.91 Å². The van der Waals surface area contributed by atoms with Crippen LogP contribution in [0.5, 0.6) is 0 Å². The fourth-order valence-electron chi connectivity index (χ4n) is 3.78. The highest BCUT2D eigenvalue weighted by atomic mass is 32.2. The molecular weight excluding hydrogens is 462 g/mol. The number of nitrogens with zero attached hydrogens (tertiary/aromatic N) is 1. The average molecular weight is 486 g/mol. The first kappa shape index (κ1) is 23.8. The fourth-order valence-corrected chi connectivity index (χ4v) is 4.43. The largest absolute Gasteiger partial charge is 0.366 e. The fraction of sp³-hybridized carbons (Fsp3) is 0.0741. The highest BCUT2D eigenvalue weighted by molar-refractivity contribution is 7.90. The molecule has 4 aromatic rings. The van der Waals surface area contributed by atoms with Crippen LogP contribution in [0.1, 0.15) is 26.3 Å². The number of hydrogen-bond acceptors (Lipinski definition) is 5. The molecule has 176 valence electrons. The molecule has 0 fully saturated rings. The molecular formula is C27H23N3O4S. The third kappa shape index (κ3) is 5.28. The number of pyridine rings is 1. The second-order valence-corrected chi connectivity index (χ2v) is 10.1. The maximum Gasteiger partial charge on any atom is 0.256 e. The lowest BCUT2D eigenvalue weighted by Gasteiger charge is -2.15. The summed E-state index contributed by atoms with van der Waals surface area (Å²) in [5.41, 5.74) is 9.90. The van der Waals surface area contributed by atoms with Crippen LogP contribution in [0.3, 0.4) is 0 Å². The first-order chi connectivity index (χ1) is 16.6. The Morgan fingerprint density at radius 1 is 0.886 bits per heavy atom. The van der Waals surface area contributed by atoms with Crippen LogP contribution < -0.4 is 11.1 Å². The highest BCUT2D eigenvalue weighted by Crippen LogP contribution is 2.31. The second-order valence-electron chi connectivity index (χ2n) is 8.12. The number of nitrogens with one attached hydrogen (secondary N) is 1. The zero-order valence-electron chi connectivity index (χ0n) is 19.1. The maximum absolute atomic E-state index is 13.4. The Hall–Kier alpha value is -4.30. The molecule has 3 N–H and O–H groups in total. The molecule has 0 unspecified atom stereocenters. The Kier molecular flexibility index (Phi) is 6.48. The number of carbonyl (C=O) groups is 2. The number of nitrogens with two attached hydrogens (primary N) is 1. The van der Waals surface area contributed by atoms with Crippen molar-refractivity contribution in [2.24, 2.45) is 5.73 Å². The number of sulfone groups is 1. The normalized spacial score (nSPS) is 11.1. The molecule has 1 heterocycles. The van der Waals surface area contributed by atoms with Gasteiger partial charge in [0.05, 0.1) is 10.6 Å². The number of anilines is 1. The number of primary amides is 1. The van der Waals surface area contributed by atoms with Gasteiger partial charge in [-0.3, -0.25) is 14.6 Å². The standard InChI is InChI=1S/C27H23N3O4S/c1-17-14-19(26(28)31)9-11-22(17)24-16-21(35(2,33)34)10-12-23(24)27(32)30-20-7-5-6-18(15-20)25-8-3-4-13-29-25/h3-16H,1-2H3,(H2,28,31)(H,30,32). The summed E-state index contributed by atoms with van der Waals surface area (Å²) >= 11 is 0. The van der Waals surface area contributed by atoms with Crippen molar-refractivity contribution in [1.29, 1.82) is 0 Å². The number of amides is 2. The summed E-state index contributed by atoms with van der Waals surface area (Å²) in [5, 5.41) is 2.90. The van der Waals surface area contributed by atoms with Crippen LogP contribution in [0.2, 0.25) is 0 Å². The van der Waals surface area contributed by atoms with E-state index in [1.807, 2.05) is 36.4 Å². The summed E-state index contributed by atoms with van der Waals surface area (Å²) < 4.78 is 24.4. The van der Waals surface area contributed by atoms with Crippen LogP contribution in [-0.4, -0.2) is 31.5 Å². The topological polar surface area (TPSA) is 119 Å². The minimum atomic E-state index is -3.52. The number of rotatable bonds is 6. The SMILES string of the molecule is Cc1cc(C(N)=O)ccc1-c1cc(S(C)(=O)=O)ccc1C(=O)Nc1cccc(-c2ccccn2)c1. The van der Waals surface area contributed by atoms with Gasteiger partial charge in [-0.2, -0.15) is 0 Å². The van der Waals surface area contributed by atoms with Crippen molar-refractivity contribution >= 4 is 27.3 Å². The number of aromatic nitrogens is 1. The molecule has 1 aromatic heterocycles. The number of carbonyl (C=O) groups excluding carboxylic acids is 2. The van der Waals surface area contributed by atoms with E-state index in [0.29, 0.717) is 27.9 Å². The molecule has 2 amide bonds. The minimum Gasteiger partial charge on any atom is -0.366 e. The molecule has 0 aliphatic carbocycles. The summed E-state index contributed by atoms with van der Waals surface area (Å²) in [7, 11) is -3.52. The van der Waals surface area contributed by atoms with E-state index >= 15 is 0 Å². The number of hydrogen-bond donors (Lipinski definition) is 2. The van der Waals surface area contributed by atoms with Crippen LogP contribution in [0.15, 0.2) is 90.0 Å². The molecule has 0 bridgehead atoms. The molecule has 0 spiro atoms. The lowest BCUT2D eigenvalue weighted by atomic mass is 9.94. The van der Waals surface area contributed by atoms with E-state index in [1.54, 1.807) is 37.4 Å². The Labute approximate surface area is 203 Å². The molecule has 0 radical (unpaired) electrons. The summed E-state index contributed by atoms with van der Waals surface area (Å²) in [6, 6.07) is 22.1. The molecule has 0 saturated heterocycles. The van der Waals surface area contributed by atoms with E-state index in [2.05, 4.69) is 10.3 Å². The highest BCUT2D eigenvalue weighted by Gasteiger charge is 2.19. The molecule has 0 saturated carbocycles. The molecule has 35 heavy (non-hydrogen) atoms. The Morgan fingerprint density at radius 3 is 2.34 bits per heavy atom.